The molecule has 4 nitrogen and oxygen atoms in total. The normalized spacial score (nSPS) is 10.3. The van der Waals surface area contributed by atoms with Gasteiger partial charge in [0.2, 0.25) is 0 Å². The van der Waals surface area contributed by atoms with E-state index in [2.05, 4.69) is 5.32 Å². The highest BCUT2D eigenvalue weighted by Gasteiger charge is 2.11. The number of hydrogen-bond acceptors (Lipinski definition) is 3. The molecule has 110 valence electrons. The highest BCUT2D eigenvalue weighted by Crippen LogP contribution is 2.27. The Labute approximate surface area is 123 Å². The molecular formula is C16H18FN3O. The van der Waals surface area contributed by atoms with E-state index in [0.717, 1.165) is 11.3 Å². The number of rotatable bonds is 3. The molecule has 21 heavy (non-hydrogen) atoms. The lowest BCUT2D eigenvalue weighted by Crippen LogP contribution is -2.21. The van der Waals surface area contributed by atoms with Gasteiger partial charge in [-0.3, -0.25) is 4.79 Å². The second kappa shape index (κ2) is 5.83. The molecule has 0 saturated heterocycles. The summed E-state index contributed by atoms with van der Waals surface area (Å²) in [5.74, 6) is -0.392. The fraction of sp³-hybridized carbons (Fsp3) is 0.188. The number of amides is 1. The van der Waals surface area contributed by atoms with Crippen LogP contribution in [0.3, 0.4) is 0 Å². The summed E-state index contributed by atoms with van der Waals surface area (Å²) in [6.07, 6.45) is 0. The van der Waals surface area contributed by atoms with E-state index in [1.54, 1.807) is 45.3 Å². The van der Waals surface area contributed by atoms with E-state index in [1.807, 2.05) is 0 Å². The topological polar surface area (TPSA) is 58.4 Å². The number of anilines is 3. The van der Waals surface area contributed by atoms with Crippen molar-refractivity contribution in [1.82, 2.24) is 4.90 Å². The molecule has 3 N–H and O–H groups in total. The number of nitrogens with two attached hydrogens (primary N) is 1. The molecule has 2 rings (SSSR count). The Morgan fingerprint density at radius 2 is 1.86 bits per heavy atom. The summed E-state index contributed by atoms with van der Waals surface area (Å²) in [4.78, 5) is 13.5. The molecule has 0 atom stereocenters. The third-order valence-corrected chi connectivity index (χ3v) is 3.16. The highest BCUT2D eigenvalue weighted by molar-refractivity contribution is 5.96. The van der Waals surface area contributed by atoms with Crippen LogP contribution in [0.5, 0.6) is 0 Å². The molecule has 2 aromatic carbocycles. The van der Waals surface area contributed by atoms with Crippen LogP contribution in [-0.2, 0) is 0 Å². The van der Waals surface area contributed by atoms with Crippen LogP contribution < -0.4 is 11.1 Å². The lowest BCUT2D eigenvalue weighted by molar-refractivity contribution is 0.0827. The number of nitrogens with one attached hydrogen (secondary N) is 1. The van der Waals surface area contributed by atoms with Crippen molar-refractivity contribution in [2.24, 2.45) is 0 Å². The molecule has 0 aliphatic rings. The first-order chi connectivity index (χ1) is 9.88. The number of carbonyl (C=O) groups is 1. The Morgan fingerprint density at radius 3 is 2.48 bits per heavy atom. The zero-order valence-corrected chi connectivity index (χ0v) is 12.3. The van der Waals surface area contributed by atoms with Gasteiger partial charge in [0.25, 0.3) is 5.91 Å². The first-order valence-corrected chi connectivity index (χ1v) is 6.53. The van der Waals surface area contributed by atoms with Crippen LogP contribution in [0, 0.1) is 12.7 Å². The van der Waals surface area contributed by atoms with E-state index in [1.165, 1.54) is 17.0 Å². The van der Waals surface area contributed by atoms with Crippen molar-refractivity contribution in [1.29, 1.82) is 0 Å². The van der Waals surface area contributed by atoms with Gasteiger partial charge >= 0.3 is 0 Å². The van der Waals surface area contributed by atoms with Crippen molar-refractivity contribution < 1.29 is 9.18 Å². The van der Waals surface area contributed by atoms with Gasteiger partial charge in [0.05, 0.1) is 11.4 Å². The van der Waals surface area contributed by atoms with E-state index < -0.39 is 0 Å². The highest BCUT2D eigenvalue weighted by atomic mass is 19.1. The molecule has 5 heteroatoms. The van der Waals surface area contributed by atoms with Crippen molar-refractivity contribution in [2.45, 2.75) is 6.92 Å². The second-order valence-electron chi connectivity index (χ2n) is 5.09. The van der Waals surface area contributed by atoms with Crippen molar-refractivity contribution in [3.05, 3.63) is 53.3 Å². The van der Waals surface area contributed by atoms with Crippen molar-refractivity contribution in [3.63, 3.8) is 0 Å². The lowest BCUT2D eigenvalue weighted by atomic mass is 10.1. The molecule has 0 aromatic heterocycles. The molecule has 0 heterocycles. The largest absolute Gasteiger partial charge is 0.397 e. The minimum atomic E-state index is -0.289. The maximum atomic E-state index is 13.1. The Hall–Kier alpha value is -2.56. The fourth-order valence-corrected chi connectivity index (χ4v) is 1.97. The van der Waals surface area contributed by atoms with Gasteiger partial charge in [0.15, 0.2) is 0 Å². The van der Waals surface area contributed by atoms with E-state index in [-0.39, 0.29) is 11.7 Å². The SMILES string of the molecule is Cc1cc(F)ccc1Nc1cc(C(=O)N(C)C)ccc1N. The summed E-state index contributed by atoms with van der Waals surface area (Å²) in [7, 11) is 3.38. The van der Waals surface area contributed by atoms with Crippen LogP contribution in [-0.4, -0.2) is 24.9 Å². The Morgan fingerprint density at radius 1 is 1.14 bits per heavy atom. The summed E-state index contributed by atoms with van der Waals surface area (Å²) >= 11 is 0. The molecule has 0 spiro atoms. The number of benzene rings is 2. The zero-order chi connectivity index (χ0) is 15.6. The Bertz CT molecular complexity index is 683. The van der Waals surface area contributed by atoms with Crippen LogP contribution in [0.1, 0.15) is 15.9 Å². The van der Waals surface area contributed by atoms with Crippen molar-refractivity contribution in [2.75, 3.05) is 25.1 Å². The van der Waals surface area contributed by atoms with Crippen LogP contribution >= 0.6 is 0 Å². The quantitative estimate of drug-likeness (QED) is 0.853. The van der Waals surface area contributed by atoms with Gasteiger partial charge in [-0.2, -0.15) is 0 Å². The summed E-state index contributed by atoms with van der Waals surface area (Å²) in [6, 6.07) is 9.51. The van der Waals surface area contributed by atoms with Gasteiger partial charge in [-0.1, -0.05) is 0 Å². The number of hydrogen-bond donors (Lipinski definition) is 2. The fourth-order valence-electron chi connectivity index (χ4n) is 1.97. The summed E-state index contributed by atoms with van der Waals surface area (Å²) in [5, 5.41) is 3.14. The van der Waals surface area contributed by atoms with Gasteiger partial charge in [-0.25, -0.2) is 4.39 Å². The minimum Gasteiger partial charge on any atom is -0.397 e. The van der Waals surface area contributed by atoms with Crippen LogP contribution in [0.4, 0.5) is 21.5 Å². The number of aryl methyl sites for hydroxylation is 1. The molecule has 1 amide bonds. The molecule has 0 saturated carbocycles. The van der Waals surface area contributed by atoms with E-state index >= 15 is 0 Å². The van der Waals surface area contributed by atoms with Crippen LogP contribution in [0.2, 0.25) is 0 Å². The smallest absolute Gasteiger partial charge is 0.253 e. The van der Waals surface area contributed by atoms with E-state index in [4.69, 9.17) is 5.73 Å². The van der Waals surface area contributed by atoms with Gasteiger partial charge in [-0.05, 0) is 48.9 Å². The molecule has 2 aromatic rings. The summed E-state index contributed by atoms with van der Waals surface area (Å²) in [5.41, 5.74) is 9.13. The second-order valence-corrected chi connectivity index (χ2v) is 5.09. The maximum absolute atomic E-state index is 13.1. The first kappa shape index (κ1) is 14.8. The number of nitrogen functional groups attached to an aromatic ring is 1. The third kappa shape index (κ3) is 3.31. The van der Waals surface area contributed by atoms with Crippen molar-refractivity contribution in [3.8, 4) is 0 Å². The van der Waals surface area contributed by atoms with E-state index in [9.17, 15) is 9.18 Å². The number of halogens is 1. The minimum absolute atomic E-state index is 0.103. The molecule has 0 aliphatic carbocycles. The predicted molar refractivity (Wildman–Crippen MR) is 83.3 cm³/mol. The Kier molecular flexibility index (Phi) is 4.12. The van der Waals surface area contributed by atoms with Crippen LogP contribution in [0.25, 0.3) is 0 Å². The Balaban J connectivity index is 2.35. The molecule has 0 aliphatic heterocycles. The van der Waals surface area contributed by atoms with Gasteiger partial charge < -0.3 is 16.0 Å². The van der Waals surface area contributed by atoms with Gasteiger partial charge in [0.1, 0.15) is 5.82 Å². The van der Waals surface area contributed by atoms with E-state index in [0.29, 0.717) is 16.9 Å². The van der Waals surface area contributed by atoms with Gasteiger partial charge in [-0.15, -0.1) is 0 Å². The standard InChI is InChI=1S/C16H18FN3O/c1-10-8-12(17)5-7-14(10)19-15-9-11(4-6-13(15)18)16(21)20(2)3/h4-9,19H,18H2,1-3H3. The first-order valence-electron chi connectivity index (χ1n) is 6.53. The lowest BCUT2D eigenvalue weighted by Gasteiger charge is -2.15. The average molecular weight is 287 g/mol. The predicted octanol–water partition coefficient (Wildman–Crippen LogP) is 3.16. The average Bonchev–Trinajstić information content (AvgIpc) is 2.43. The zero-order valence-electron chi connectivity index (χ0n) is 12.3. The van der Waals surface area contributed by atoms with Gasteiger partial charge in [0, 0.05) is 25.3 Å². The number of nitrogens with zero attached hydrogens (tertiary/aromatic N) is 1. The molecule has 0 bridgehead atoms. The molecule has 0 fully saturated rings. The molecule has 0 unspecified atom stereocenters. The monoisotopic (exact) mass is 287 g/mol. The molecular weight excluding hydrogens is 269 g/mol. The summed E-state index contributed by atoms with van der Waals surface area (Å²) < 4.78 is 13.1. The third-order valence-electron chi connectivity index (χ3n) is 3.16. The molecule has 0 radical (unpaired) electrons. The van der Waals surface area contributed by atoms with Crippen LogP contribution in [0.15, 0.2) is 36.4 Å². The van der Waals surface area contributed by atoms with Crippen molar-refractivity contribution >= 4 is 23.0 Å². The summed E-state index contributed by atoms with van der Waals surface area (Å²) in [6.45, 7) is 1.80. The maximum Gasteiger partial charge on any atom is 0.253 e. The number of carbonyl (C=O) groups excluding carboxylic acids is 1.